The SMILES string of the molecule is COc1ccc(NC(=O)Nc2c(C)cccc2C)cc1Cl. The number of amides is 2. The van der Waals surface area contributed by atoms with Gasteiger partial charge in [0, 0.05) is 11.4 Å². The highest BCUT2D eigenvalue weighted by Gasteiger charge is 2.08. The van der Waals surface area contributed by atoms with Gasteiger partial charge in [0.05, 0.1) is 12.1 Å². The number of hydrogen-bond acceptors (Lipinski definition) is 2. The Labute approximate surface area is 129 Å². The van der Waals surface area contributed by atoms with E-state index in [2.05, 4.69) is 10.6 Å². The summed E-state index contributed by atoms with van der Waals surface area (Å²) in [6, 6.07) is 10.6. The third-order valence-electron chi connectivity index (χ3n) is 3.13. The second kappa shape index (κ2) is 6.50. The van der Waals surface area contributed by atoms with E-state index in [4.69, 9.17) is 16.3 Å². The standard InChI is InChI=1S/C16H17ClN2O2/c1-10-5-4-6-11(2)15(10)19-16(20)18-12-7-8-14(21-3)13(17)9-12/h4-9H,1-3H3,(H2,18,19,20). The third kappa shape index (κ3) is 3.67. The molecule has 2 amide bonds. The lowest BCUT2D eigenvalue weighted by Crippen LogP contribution is -2.20. The van der Waals surface area contributed by atoms with Gasteiger partial charge in [0.1, 0.15) is 5.75 Å². The summed E-state index contributed by atoms with van der Waals surface area (Å²) in [6.45, 7) is 3.90. The van der Waals surface area contributed by atoms with Crippen LogP contribution in [0.1, 0.15) is 11.1 Å². The van der Waals surface area contributed by atoms with E-state index in [0.717, 1.165) is 16.8 Å². The molecule has 4 nitrogen and oxygen atoms in total. The number of rotatable bonds is 3. The first-order valence-electron chi connectivity index (χ1n) is 6.49. The van der Waals surface area contributed by atoms with Crippen LogP contribution in [0, 0.1) is 13.8 Å². The Balaban J connectivity index is 2.10. The van der Waals surface area contributed by atoms with E-state index in [9.17, 15) is 4.79 Å². The fourth-order valence-electron chi connectivity index (χ4n) is 2.03. The zero-order chi connectivity index (χ0) is 15.4. The molecule has 0 unspecified atom stereocenters. The highest BCUT2D eigenvalue weighted by atomic mass is 35.5. The number of carbonyl (C=O) groups excluding carboxylic acids is 1. The van der Waals surface area contributed by atoms with Gasteiger partial charge in [-0.25, -0.2) is 4.79 Å². The molecule has 0 aliphatic rings. The van der Waals surface area contributed by atoms with Crippen LogP contribution in [0.3, 0.4) is 0 Å². The Morgan fingerprint density at radius 3 is 2.33 bits per heavy atom. The molecule has 2 rings (SSSR count). The molecule has 0 saturated carbocycles. The Bertz CT molecular complexity index is 651. The molecule has 5 heteroatoms. The second-order valence-corrected chi connectivity index (χ2v) is 5.10. The number of nitrogens with one attached hydrogen (secondary N) is 2. The van der Waals surface area contributed by atoms with Gasteiger partial charge in [-0.15, -0.1) is 0 Å². The van der Waals surface area contributed by atoms with Crippen LogP contribution >= 0.6 is 11.6 Å². The number of halogens is 1. The van der Waals surface area contributed by atoms with Crippen molar-refractivity contribution < 1.29 is 9.53 Å². The van der Waals surface area contributed by atoms with Crippen molar-refractivity contribution in [3.63, 3.8) is 0 Å². The zero-order valence-corrected chi connectivity index (χ0v) is 12.9. The average Bonchev–Trinajstić information content (AvgIpc) is 2.43. The number of anilines is 2. The molecule has 0 aromatic heterocycles. The van der Waals surface area contributed by atoms with Crippen molar-refractivity contribution in [1.82, 2.24) is 0 Å². The summed E-state index contributed by atoms with van der Waals surface area (Å²) in [5.41, 5.74) is 3.44. The van der Waals surface area contributed by atoms with Crippen LogP contribution in [0.4, 0.5) is 16.2 Å². The summed E-state index contributed by atoms with van der Waals surface area (Å²) in [5.74, 6) is 0.567. The second-order valence-electron chi connectivity index (χ2n) is 4.70. The van der Waals surface area contributed by atoms with Gasteiger partial charge in [-0.3, -0.25) is 0 Å². The fourth-order valence-corrected chi connectivity index (χ4v) is 2.29. The minimum absolute atomic E-state index is 0.311. The number of benzene rings is 2. The van der Waals surface area contributed by atoms with Gasteiger partial charge in [0.2, 0.25) is 0 Å². The molecule has 0 fully saturated rings. The van der Waals surface area contributed by atoms with Crippen LogP contribution in [0.15, 0.2) is 36.4 Å². The number of ether oxygens (including phenoxy) is 1. The Morgan fingerprint density at radius 2 is 1.76 bits per heavy atom. The Kier molecular flexibility index (Phi) is 4.70. The first kappa shape index (κ1) is 15.2. The van der Waals surface area contributed by atoms with E-state index >= 15 is 0 Å². The molecule has 2 aromatic carbocycles. The molecule has 21 heavy (non-hydrogen) atoms. The topological polar surface area (TPSA) is 50.4 Å². The predicted octanol–water partition coefficient (Wildman–Crippen LogP) is 4.61. The van der Waals surface area contributed by atoms with Gasteiger partial charge in [-0.1, -0.05) is 29.8 Å². The van der Waals surface area contributed by atoms with Crippen LogP contribution < -0.4 is 15.4 Å². The quantitative estimate of drug-likeness (QED) is 0.870. The number of aryl methyl sites for hydroxylation is 2. The number of carbonyl (C=O) groups is 1. The summed E-state index contributed by atoms with van der Waals surface area (Å²) in [7, 11) is 1.54. The third-order valence-corrected chi connectivity index (χ3v) is 3.42. The van der Waals surface area contributed by atoms with E-state index in [1.54, 1.807) is 25.3 Å². The Hall–Kier alpha value is -2.20. The fraction of sp³-hybridized carbons (Fsp3) is 0.188. The predicted molar refractivity (Wildman–Crippen MR) is 86.6 cm³/mol. The van der Waals surface area contributed by atoms with Crippen molar-refractivity contribution in [2.24, 2.45) is 0 Å². The maximum absolute atomic E-state index is 12.1. The van der Waals surface area contributed by atoms with Gasteiger partial charge in [0.15, 0.2) is 0 Å². The molecule has 0 atom stereocenters. The molecule has 2 N–H and O–H groups in total. The molecular weight excluding hydrogens is 288 g/mol. The zero-order valence-electron chi connectivity index (χ0n) is 12.2. The van der Waals surface area contributed by atoms with Crippen LogP contribution in [-0.4, -0.2) is 13.1 Å². The molecule has 0 radical (unpaired) electrons. The average molecular weight is 305 g/mol. The van der Waals surface area contributed by atoms with Crippen LogP contribution in [0.25, 0.3) is 0 Å². The van der Waals surface area contributed by atoms with Gasteiger partial charge in [-0.2, -0.15) is 0 Å². The van der Waals surface area contributed by atoms with Crippen molar-refractivity contribution in [2.75, 3.05) is 17.7 Å². The first-order chi connectivity index (χ1) is 10.0. The number of urea groups is 1. The minimum atomic E-state index is -0.311. The van der Waals surface area contributed by atoms with E-state index < -0.39 is 0 Å². The van der Waals surface area contributed by atoms with Crippen LogP contribution in [0.5, 0.6) is 5.75 Å². The molecule has 0 heterocycles. The molecule has 110 valence electrons. The van der Waals surface area contributed by atoms with E-state index in [-0.39, 0.29) is 6.03 Å². The van der Waals surface area contributed by atoms with Gasteiger partial charge in [0.25, 0.3) is 0 Å². The number of hydrogen-bond donors (Lipinski definition) is 2. The van der Waals surface area contributed by atoms with E-state index in [0.29, 0.717) is 16.5 Å². The van der Waals surface area contributed by atoms with Gasteiger partial charge in [-0.05, 0) is 43.2 Å². The normalized spacial score (nSPS) is 10.1. The molecule has 0 aliphatic carbocycles. The molecule has 0 aliphatic heterocycles. The summed E-state index contributed by atoms with van der Waals surface area (Å²) >= 11 is 6.03. The number of methoxy groups -OCH3 is 1. The smallest absolute Gasteiger partial charge is 0.323 e. The van der Waals surface area contributed by atoms with Crippen molar-refractivity contribution >= 4 is 29.0 Å². The lowest BCUT2D eigenvalue weighted by Gasteiger charge is -2.13. The van der Waals surface area contributed by atoms with E-state index in [1.165, 1.54) is 0 Å². The molecule has 2 aromatic rings. The summed E-state index contributed by atoms with van der Waals surface area (Å²) in [6.07, 6.45) is 0. The lowest BCUT2D eigenvalue weighted by molar-refractivity contribution is 0.262. The highest BCUT2D eigenvalue weighted by molar-refractivity contribution is 6.32. The van der Waals surface area contributed by atoms with Crippen molar-refractivity contribution in [3.8, 4) is 5.75 Å². The minimum Gasteiger partial charge on any atom is -0.495 e. The van der Waals surface area contributed by atoms with Gasteiger partial charge < -0.3 is 15.4 Å². The molecule has 0 spiro atoms. The number of para-hydroxylation sites is 1. The highest BCUT2D eigenvalue weighted by Crippen LogP contribution is 2.27. The van der Waals surface area contributed by atoms with Crippen LogP contribution in [0.2, 0.25) is 5.02 Å². The van der Waals surface area contributed by atoms with Crippen LogP contribution in [-0.2, 0) is 0 Å². The van der Waals surface area contributed by atoms with Gasteiger partial charge >= 0.3 is 6.03 Å². The largest absolute Gasteiger partial charge is 0.495 e. The maximum atomic E-state index is 12.1. The molecular formula is C16H17ClN2O2. The Morgan fingerprint density at radius 1 is 1.10 bits per heavy atom. The summed E-state index contributed by atoms with van der Waals surface area (Å²) in [5, 5.41) is 6.04. The van der Waals surface area contributed by atoms with Crippen molar-refractivity contribution in [1.29, 1.82) is 0 Å². The summed E-state index contributed by atoms with van der Waals surface area (Å²) < 4.78 is 5.07. The first-order valence-corrected chi connectivity index (χ1v) is 6.87. The molecule has 0 bridgehead atoms. The maximum Gasteiger partial charge on any atom is 0.323 e. The monoisotopic (exact) mass is 304 g/mol. The van der Waals surface area contributed by atoms with Crippen molar-refractivity contribution in [3.05, 3.63) is 52.5 Å². The summed E-state index contributed by atoms with van der Waals surface area (Å²) in [4.78, 5) is 12.1. The van der Waals surface area contributed by atoms with E-state index in [1.807, 2.05) is 32.0 Å². The lowest BCUT2D eigenvalue weighted by atomic mass is 10.1. The van der Waals surface area contributed by atoms with Crippen molar-refractivity contribution in [2.45, 2.75) is 13.8 Å². The molecule has 0 saturated heterocycles.